The number of hydrogen-bond donors (Lipinski definition) is 2. The van der Waals surface area contributed by atoms with E-state index < -0.39 is 5.60 Å². The molecule has 1 aromatic carbocycles. The van der Waals surface area contributed by atoms with Gasteiger partial charge in [0.05, 0.1) is 5.60 Å². The number of nitrogens with one attached hydrogen (secondary N) is 1. The number of benzene rings is 1. The van der Waals surface area contributed by atoms with Crippen molar-refractivity contribution >= 4 is 0 Å². The van der Waals surface area contributed by atoms with Crippen molar-refractivity contribution in [1.29, 1.82) is 0 Å². The molecular weight excluding hydrogens is 234 g/mol. The Kier molecular flexibility index (Phi) is 6.02. The van der Waals surface area contributed by atoms with Crippen LogP contribution in [-0.4, -0.2) is 17.3 Å². The minimum Gasteiger partial charge on any atom is -0.389 e. The van der Waals surface area contributed by atoms with Crippen molar-refractivity contribution in [3.8, 4) is 0 Å². The van der Waals surface area contributed by atoms with E-state index in [1.165, 1.54) is 5.56 Å². The maximum atomic E-state index is 10.4. The van der Waals surface area contributed by atoms with E-state index in [2.05, 4.69) is 57.3 Å². The molecule has 0 radical (unpaired) electrons. The van der Waals surface area contributed by atoms with E-state index in [4.69, 9.17) is 0 Å². The monoisotopic (exact) mass is 263 g/mol. The zero-order chi connectivity index (χ0) is 14.5. The summed E-state index contributed by atoms with van der Waals surface area (Å²) in [5.74, 6) is 1.00. The Morgan fingerprint density at radius 1 is 1.11 bits per heavy atom. The zero-order valence-corrected chi connectivity index (χ0v) is 13.0. The summed E-state index contributed by atoms with van der Waals surface area (Å²) in [7, 11) is 0. The number of hydrogen-bond acceptors (Lipinski definition) is 2. The SMILES string of the molecule is CC(C)CC(C)(O)CNC(c1ccccc1)C(C)C. The minimum atomic E-state index is -0.643. The van der Waals surface area contributed by atoms with Gasteiger partial charge in [0.2, 0.25) is 0 Å². The second-order valence-corrected chi connectivity index (χ2v) is 6.61. The lowest BCUT2D eigenvalue weighted by atomic mass is 9.91. The molecule has 2 heteroatoms. The molecule has 0 saturated carbocycles. The van der Waals surface area contributed by atoms with Crippen LogP contribution in [0, 0.1) is 11.8 Å². The van der Waals surface area contributed by atoms with Crippen LogP contribution in [0.15, 0.2) is 30.3 Å². The van der Waals surface area contributed by atoms with Gasteiger partial charge in [-0.3, -0.25) is 0 Å². The molecule has 0 aliphatic heterocycles. The van der Waals surface area contributed by atoms with Gasteiger partial charge in [-0.25, -0.2) is 0 Å². The van der Waals surface area contributed by atoms with Crippen molar-refractivity contribution in [3.63, 3.8) is 0 Å². The Balaban J connectivity index is 2.66. The van der Waals surface area contributed by atoms with E-state index in [1.54, 1.807) is 0 Å². The highest BCUT2D eigenvalue weighted by atomic mass is 16.3. The van der Waals surface area contributed by atoms with Crippen molar-refractivity contribution in [2.75, 3.05) is 6.54 Å². The fourth-order valence-corrected chi connectivity index (χ4v) is 2.68. The van der Waals surface area contributed by atoms with Gasteiger partial charge in [-0.2, -0.15) is 0 Å². The van der Waals surface area contributed by atoms with Crippen LogP contribution < -0.4 is 5.32 Å². The highest BCUT2D eigenvalue weighted by Crippen LogP contribution is 2.23. The molecule has 0 heterocycles. The first kappa shape index (κ1) is 16.2. The quantitative estimate of drug-likeness (QED) is 0.785. The van der Waals surface area contributed by atoms with Crippen molar-refractivity contribution in [1.82, 2.24) is 5.32 Å². The van der Waals surface area contributed by atoms with Gasteiger partial charge in [0.25, 0.3) is 0 Å². The summed E-state index contributed by atoms with van der Waals surface area (Å²) in [5.41, 5.74) is 0.647. The van der Waals surface area contributed by atoms with Crippen LogP contribution in [0.2, 0.25) is 0 Å². The standard InChI is InChI=1S/C17H29NO/c1-13(2)11-17(5,19)12-18-16(14(3)4)15-9-7-6-8-10-15/h6-10,13-14,16,18-19H,11-12H2,1-5H3. The maximum Gasteiger partial charge on any atom is 0.0746 e. The molecule has 2 nitrogen and oxygen atoms in total. The van der Waals surface area contributed by atoms with Crippen LogP contribution >= 0.6 is 0 Å². The third-order valence-corrected chi connectivity index (χ3v) is 3.38. The van der Waals surface area contributed by atoms with Crippen LogP contribution in [0.5, 0.6) is 0 Å². The Morgan fingerprint density at radius 2 is 1.68 bits per heavy atom. The van der Waals surface area contributed by atoms with Crippen molar-refractivity contribution in [2.45, 2.75) is 52.7 Å². The average molecular weight is 263 g/mol. The van der Waals surface area contributed by atoms with Crippen LogP contribution in [0.25, 0.3) is 0 Å². The van der Waals surface area contributed by atoms with Crippen molar-refractivity contribution in [2.24, 2.45) is 11.8 Å². The van der Waals surface area contributed by atoms with Gasteiger partial charge in [-0.15, -0.1) is 0 Å². The first-order valence-corrected chi connectivity index (χ1v) is 7.32. The summed E-state index contributed by atoms with van der Waals surface area (Å²) in [6, 6.07) is 10.8. The molecule has 0 aromatic heterocycles. The summed E-state index contributed by atoms with van der Waals surface area (Å²) < 4.78 is 0. The van der Waals surface area contributed by atoms with Crippen LogP contribution in [0.3, 0.4) is 0 Å². The molecule has 0 spiro atoms. The molecule has 1 rings (SSSR count). The molecule has 108 valence electrons. The first-order valence-electron chi connectivity index (χ1n) is 7.32. The Morgan fingerprint density at radius 3 is 2.16 bits per heavy atom. The highest BCUT2D eigenvalue weighted by molar-refractivity contribution is 5.19. The van der Waals surface area contributed by atoms with Crippen LogP contribution in [0.4, 0.5) is 0 Å². The van der Waals surface area contributed by atoms with Crippen molar-refractivity contribution in [3.05, 3.63) is 35.9 Å². The van der Waals surface area contributed by atoms with E-state index in [0.717, 1.165) is 6.42 Å². The van der Waals surface area contributed by atoms with Crippen molar-refractivity contribution < 1.29 is 5.11 Å². The predicted molar refractivity (Wildman–Crippen MR) is 82.1 cm³/mol. The van der Waals surface area contributed by atoms with Gasteiger partial charge < -0.3 is 10.4 Å². The van der Waals surface area contributed by atoms with Crippen LogP contribution in [0.1, 0.15) is 52.6 Å². The Labute approximate surface area is 118 Å². The number of rotatable bonds is 7. The normalized spacial score (nSPS) is 16.6. The van der Waals surface area contributed by atoms with Gasteiger partial charge in [-0.05, 0) is 30.7 Å². The summed E-state index contributed by atoms with van der Waals surface area (Å²) in [6.45, 7) is 11.3. The fourth-order valence-electron chi connectivity index (χ4n) is 2.68. The molecular formula is C17H29NO. The molecule has 2 atom stereocenters. The third kappa shape index (κ3) is 5.75. The van der Waals surface area contributed by atoms with E-state index >= 15 is 0 Å². The zero-order valence-electron chi connectivity index (χ0n) is 13.0. The molecule has 0 fully saturated rings. The maximum absolute atomic E-state index is 10.4. The van der Waals surface area contributed by atoms with E-state index in [0.29, 0.717) is 24.4 Å². The highest BCUT2D eigenvalue weighted by Gasteiger charge is 2.24. The topological polar surface area (TPSA) is 32.3 Å². The summed E-state index contributed by atoms with van der Waals surface area (Å²) in [6.07, 6.45) is 0.819. The van der Waals surface area contributed by atoms with Gasteiger partial charge in [0.1, 0.15) is 0 Å². The molecule has 1 aromatic rings. The largest absolute Gasteiger partial charge is 0.389 e. The van der Waals surface area contributed by atoms with E-state index in [1.807, 2.05) is 13.0 Å². The molecule has 0 aliphatic carbocycles. The second kappa shape index (κ2) is 7.06. The molecule has 2 N–H and O–H groups in total. The van der Waals surface area contributed by atoms with E-state index in [-0.39, 0.29) is 0 Å². The molecule has 0 bridgehead atoms. The molecule has 0 saturated heterocycles. The molecule has 19 heavy (non-hydrogen) atoms. The smallest absolute Gasteiger partial charge is 0.0746 e. The average Bonchev–Trinajstić information content (AvgIpc) is 2.28. The Hall–Kier alpha value is -0.860. The lowest BCUT2D eigenvalue weighted by Crippen LogP contribution is -2.41. The van der Waals surface area contributed by atoms with Gasteiger partial charge in [-0.1, -0.05) is 58.0 Å². The summed E-state index contributed by atoms with van der Waals surface area (Å²) in [4.78, 5) is 0. The van der Waals surface area contributed by atoms with Gasteiger partial charge in [0.15, 0.2) is 0 Å². The second-order valence-electron chi connectivity index (χ2n) is 6.61. The minimum absolute atomic E-state index is 0.292. The summed E-state index contributed by atoms with van der Waals surface area (Å²) in [5, 5.41) is 13.9. The molecule has 2 unspecified atom stereocenters. The number of aliphatic hydroxyl groups is 1. The van der Waals surface area contributed by atoms with Gasteiger partial charge >= 0.3 is 0 Å². The van der Waals surface area contributed by atoms with Crippen LogP contribution in [-0.2, 0) is 0 Å². The fraction of sp³-hybridized carbons (Fsp3) is 0.647. The molecule has 0 amide bonds. The lowest BCUT2D eigenvalue weighted by molar-refractivity contribution is 0.0343. The lowest BCUT2D eigenvalue weighted by Gasteiger charge is -2.30. The Bertz CT molecular complexity index is 357. The summed E-state index contributed by atoms with van der Waals surface area (Å²) >= 11 is 0. The third-order valence-electron chi connectivity index (χ3n) is 3.38. The van der Waals surface area contributed by atoms with Gasteiger partial charge in [0, 0.05) is 12.6 Å². The predicted octanol–water partition coefficient (Wildman–Crippen LogP) is 3.77. The molecule has 0 aliphatic rings. The first-order chi connectivity index (χ1) is 8.82. The van der Waals surface area contributed by atoms with E-state index in [9.17, 15) is 5.11 Å².